The van der Waals surface area contributed by atoms with Gasteiger partial charge in [0.2, 0.25) is 0 Å². The number of rotatable bonds is 9. The average molecular weight is 352 g/mol. The molecule has 138 valence electrons. The molecule has 2 heterocycles. The number of benzene rings is 1. The van der Waals surface area contributed by atoms with Gasteiger partial charge in [-0.15, -0.1) is 0 Å². The van der Waals surface area contributed by atoms with E-state index in [4.69, 9.17) is 10.7 Å². The number of aromatic nitrogens is 3. The molecule has 0 saturated heterocycles. The van der Waals surface area contributed by atoms with Crippen LogP contribution in [0.5, 0.6) is 0 Å². The predicted molar refractivity (Wildman–Crippen MR) is 108 cm³/mol. The molecule has 0 amide bonds. The first kappa shape index (κ1) is 18.2. The van der Waals surface area contributed by atoms with Crippen LogP contribution in [-0.2, 0) is 6.54 Å². The summed E-state index contributed by atoms with van der Waals surface area (Å²) in [6, 6.07) is 12.4. The zero-order valence-corrected chi connectivity index (χ0v) is 15.6. The summed E-state index contributed by atoms with van der Waals surface area (Å²) in [6.07, 6.45) is 3.96. The summed E-state index contributed by atoms with van der Waals surface area (Å²) < 4.78 is 1.89. The Morgan fingerprint density at radius 3 is 2.65 bits per heavy atom. The minimum absolute atomic E-state index is 0.370. The number of nitrogens with zero attached hydrogens (tertiary/aromatic N) is 3. The van der Waals surface area contributed by atoms with Crippen molar-refractivity contribution in [2.75, 3.05) is 23.7 Å². The van der Waals surface area contributed by atoms with Crippen molar-refractivity contribution in [3.8, 4) is 0 Å². The molecule has 0 aliphatic heterocycles. The van der Waals surface area contributed by atoms with Gasteiger partial charge in [-0.25, -0.2) is 4.98 Å². The topological polar surface area (TPSA) is 80.3 Å². The van der Waals surface area contributed by atoms with Crippen LogP contribution < -0.4 is 16.4 Å². The van der Waals surface area contributed by atoms with Crippen molar-refractivity contribution in [2.45, 2.75) is 39.2 Å². The number of unbranched alkanes of at least 4 members (excludes halogenated alkanes) is 1. The molecule has 0 bridgehead atoms. The Kier molecular flexibility index (Phi) is 6.07. The van der Waals surface area contributed by atoms with Gasteiger partial charge in [0.25, 0.3) is 0 Å². The summed E-state index contributed by atoms with van der Waals surface area (Å²) in [5.74, 6) is 2.18. The summed E-state index contributed by atoms with van der Waals surface area (Å²) >= 11 is 0. The fraction of sp³-hybridized carbons (Fsp3) is 0.400. The molecule has 0 aliphatic rings. The van der Waals surface area contributed by atoms with Crippen LogP contribution >= 0.6 is 0 Å². The summed E-state index contributed by atoms with van der Waals surface area (Å²) in [6.45, 7) is 6.65. The third-order valence-electron chi connectivity index (χ3n) is 4.37. The van der Waals surface area contributed by atoms with Gasteiger partial charge in [0, 0.05) is 24.7 Å². The van der Waals surface area contributed by atoms with Gasteiger partial charge in [-0.2, -0.15) is 9.61 Å². The Balaban J connectivity index is 1.86. The van der Waals surface area contributed by atoms with Crippen LogP contribution in [0.4, 0.5) is 11.6 Å². The van der Waals surface area contributed by atoms with E-state index in [-0.39, 0.29) is 0 Å². The molecule has 6 heteroatoms. The molecular weight excluding hydrogens is 324 g/mol. The number of hydrogen-bond donors (Lipinski definition) is 3. The number of anilines is 2. The second-order valence-electron chi connectivity index (χ2n) is 6.78. The van der Waals surface area contributed by atoms with Gasteiger partial charge in [-0.1, -0.05) is 44.2 Å². The van der Waals surface area contributed by atoms with E-state index in [1.54, 1.807) is 0 Å². The maximum Gasteiger partial charge on any atom is 0.163 e. The predicted octanol–water partition coefficient (Wildman–Crippen LogP) is 3.62. The summed E-state index contributed by atoms with van der Waals surface area (Å²) in [4.78, 5) is 4.79. The van der Waals surface area contributed by atoms with E-state index in [2.05, 4.69) is 41.7 Å². The van der Waals surface area contributed by atoms with Crippen molar-refractivity contribution in [3.63, 3.8) is 0 Å². The Labute approximate surface area is 154 Å². The lowest BCUT2D eigenvalue weighted by molar-refractivity contribution is 0.772. The van der Waals surface area contributed by atoms with Crippen molar-refractivity contribution in [3.05, 3.63) is 53.7 Å². The maximum absolute atomic E-state index is 5.58. The van der Waals surface area contributed by atoms with Crippen molar-refractivity contribution < 1.29 is 0 Å². The zero-order chi connectivity index (χ0) is 18.4. The highest BCUT2D eigenvalue weighted by atomic mass is 15.3. The third kappa shape index (κ3) is 4.32. The molecule has 26 heavy (non-hydrogen) atoms. The molecule has 6 nitrogen and oxygen atoms in total. The molecule has 1 aromatic carbocycles. The molecule has 4 N–H and O–H groups in total. The fourth-order valence-electron chi connectivity index (χ4n) is 2.88. The fourth-order valence-corrected chi connectivity index (χ4v) is 2.88. The highest BCUT2D eigenvalue weighted by molar-refractivity contribution is 5.61. The minimum Gasteiger partial charge on any atom is -0.370 e. The van der Waals surface area contributed by atoms with Crippen molar-refractivity contribution in [2.24, 2.45) is 5.73 Å². The normalized spacial score (nSPS) is 11.2. The smallest absolute Gasteiger partial charge is 0.163 e. The molecule has 2 aromatic heterocycles. The quantitative estimate of drug-likeness (QED) is 0.513. The van der Waals surface area contributed by atoms with Crippen molar-refractivity contribution in [1.29, 1.82) is 0 Å². The molecule has 3 aromatic rings. The number of nitrogens with one attached hydrogen (secondary N) is 2. The van der Waals surface area contributed by atoms with Crippen LogP contribution in [0.25, 0.3) is 5.65 Å². The third-order valence-corrected chi connectivity index (χ3v) is 4.37. The molecule has 0 unspecified atom stereocenters. The first-order valence-corrected chi connectivity index (χ1v) is 9.29. The van der Waals surface area contributed by atoms with Gasteiger partial charge >= 0.3 is 0 Å². The second-order valence-corrected chi connectivity index (χ2v) is 6.78. The first-order chi connectivity index (χ1) is 12.7. The molecule has 0 spiro atoms. The summed E-state index contributed by atoms with van der Waals surface area (Å²) in [5.41, 5.74) is 8.86. The average Bonchev–Trinajstić information content (AvgIpc) is 3.08. The lowest BCUT2D eigenvalue weighted by atomic mass is 10.1. The Hall–Kier alpha value is -2.60. The van der Waals surface area contributed by atoms with E-state index in [0.717, 1.165) is 55.3 Å². The Bertz CT molecular complexity index is 825. The molecule has 0 fully saturated rings. The van der Waals surface area contributed by atoms with Crippen LogP contribution in [0.15, 0.2) is 42.6 Å². The highest BCUT2D eigenvalue weighted by Gasteiger charge is 2.13. The molecule has 0 saturated carbocycles. The van der Waals surface area contributed by atoms with Gasteiger partial charge in [-0.05, 0) is 30.9 Å². The summed E-state index contributed by atoms with van der Waals surface area (Å²) in [7, 11) is 0. The second kappa shape index (κ2) is 8.67. The van der Waals surface area contributed by atoms with E-state index in [9.17, 15) is 0 Å². The van der Waals surface area contributed by atoms with Gasteiger partial charge in [-0.3, -0.25) is 0 Å². The standard InChI is InChI=1S/C20H28N6/c1-15(2)17-14-24-26-19(23-13-16-8-4-3-5-9-16)12-18(25-20(17)26)22-11-7-6-10-21/h3-5,8-9,12,14-15,23H,6-7,10-11,13,21H2,1-2H3,(H,22,25). The largest absolute Gasteiger partial charge is 0.370 e. The zero-order valence-electron chi connectivity index (χ0n) is 15.6. The maximum atomic E-state index is 5.58. The van der Waals surface area contributed by atoms with E-state index in [0.29, 0.717) is 5.92 Å². The van der Waals surface area contributed by atoms with E-state index in [1.807, 2.05) is 35.0 Å². The molecule has 3 rings (SSSR count). The van der Waals surface area contributed by atoms with Gasteiger partial charge in [0.15, 0.2) is 5.65 Å². The van der Waals surface area contributed by atoms with Gasteiger partial charge in [0.05, 0.1) is 6.20 Å². The first-order valence-electron chi connectivity index (χ1n) is 9.29. The lowest BCUT2D eigenvalue weighted by Crippen LogP contribution is -2.11. The number of fused-ring (bicyclic) bond motifs is 1. The molecule has 0 aliphatic carbocycles. The Morgan fingerprint density at radius 1 is 1.12 bits per heavy atom. The number of nitrogens with two attached hydrogens (primary N) is 1. The van der Waals surface area contributed by atoms with Gasteiger partial charge < -0.3 is 16.4 Å². The minimum atomic E-state index is 0.370. The van der Waals surface area contributed by atoms with E-state index >= 15 is 0 Å². The molecule has 0 radical (unpaired) electrons. The molecular formula is C20H28N6. The highest BCUT2D eigenvalue weighted by Crippen LogP contribution is 2.24. The van der Waals surface area contributed by atoms with Crippen LogP contribution in [0.1, 0.15) is 43.7 Å². The van der Waals surface area contributed by atoms with Gasteiger partial charge in [0.1, 0.15) is 11.6 Å². The molecule has 0 atom stereocenters. The van der Waals surface area contributed by atoms with E-state index in [1.165, 1.54) is 5.56 Å². The lowest BCUT2D eigenvalue weighted by Gasteiger charge is -2.13. The number of hydrogen-bond acceptors (Lipinski definition) is 5. The Morgan fingerprint density at radius 2 is 1.92 bits per heavy atom. The summed E-state index contributed by atoms with van der Waals surface area (Å²) in [5, 5.41) is 11.5. The monoisotopic (exact) mass is 352 g/mol. The van der Waals surface area contributed by atoms with Crippen LogP contribution in [0, 0.1) is 0 Å². The van der Waals surface area contributed by atoms with Crippen LogP contribution in [0.2, 0.25) is 0 Å². The van der Waals surface area contributed by atoms with Crippen LogP contribution in [-0.4, -0.2) is 27.7 Å². The van der Waals surface area contributed by atoms with E-state index < -0.39 is 0 Å². The van der Waals surface area contributed by atoms with Crippen LogP contribution in [0.3, 0.4) is 0 Å². The van der Waals surface area contributed by atoms with Crippen molar-refractivity contribution >= 4 is 17.3 Å². The SMILES string of the molecule is CC(C)c1cnn2c(NCc3ccccc3)cc(NCCCCN)nc12. The van der Waals surface area contributed by atoms with Crippen molar-refractivity contribution in [1.82, 2.24) is 14.6 Å².